The van der Waals surface area contributed by atoms with Gasteiger partial charge in [0.15, 0.2) is 5.82 Å². The van der Waals surface area contributed by atoms with Gasteiger partial charge >= 0.3 is 0 Å². The lowest BCUT2D eigenvalue weighted by atomic mass is 9.67. The lowest BCUT2D eigenvalue weighted by molar-refractivity contribution is 0.669. The summed E-state index contributed by atoms with van der Waals surface area (Å²) in [4.78, 5) is 15.2. The van der Waals surface area contributed by atoms with Gasteiger partial charge in [-0.1, -0.05) is 176 Å². The molecule has 8 aromatic carbocycles. The maximum absolute atomic E-state index is 6.13. The molecule has 0 radical (unpaired) electrons. The van der Waals surface area contributed by atoms with E-state index in [-0.39, 0.29) is 0 Å². The van der Waals surface area contributed by atoms with Crippen molar-refractivity contribution in [1.82, 2.24) is 15.0 Å². The zero-order valence-electron chi connectivity index (χ0n) is 33.6. The highest BCUT2D eigenvalue weighted by Gasteiger charge is 2.46. The molecular formula is C58H37N3O. The molecule has 4 nitrogen and oxygen atoms in total. The fraction of sp³-hybridized carbons (Fsp3) is 0.0172. The third-order valence-electron chi connectivity index (χ3n) is 12.5. The Morgan fingerprint density at radius 1 is 0.355 bits per heavy atom. The molecule has 0 unspecified atom stereocenters. The summed E-state index contributed by atoms with van der Waals surface area (Å²) in [6, 6.07) is 75.5. The van der Waals surface area contributed by atoms with Crippen LogP contribution in [0.15, 0.2) is 229 Å². The summed E-state index contributed by atoms with van der Waals surface area (Å²) in [7, 11) is 0. The van der Waals surface area contributed by atoms with E-state index in [0.717, 1.165) is 72.3 Å². The van der Waals surface area contributed by atoms with E-state index in [1.54, 1.807) is 6.20 Å². The summed E-state index contributed by atoms with van der Waals surface area (Å²) >= 11 is 0. The fourth-order valence-corrected chi connectivity index (χ4v) is 9.66. The number of aromatic nitrogens is 3. The molecule has 62 heavy (non-hydrogen) atoms. The summed E-state index contributed by atoms with van der Waals surface area (Å²) in [5, 5.41) is 2.23. The van der Waals surface area contributed by atoms with Gasteiger partial charge in [0.1, 0.15) is 11.2 Å². The molecule has 1 aliphatic rings. The van der Waals surface area contributed by atoms with Crippen molar-refractivity contribution in [3.63, 3.8) is 0 Å². The number of fused-ring (bicyclic) bond motifs is 6. The Bertz CT molecular complexity index is 3410. The van der Waals surface area contributed by atoms with Crippen LogP contribution < -0.4 is 0 Å². The molecule has 3 aromatic heterocycles. The van der Waals surface area contributed by atoms with Crippen molar-refractivity contribution in [3.8, 4) is 67.3 Å². The number of hydrogen-bond acceptors (Lipinski definition) is 4. The minimum absolute atomic E-state index is 0.530. The SMILES string of the molecule is c1ccc(C2(c3ccccc3)c3ccccc3-c3ccc(-c4cc(-c5ccc(-c6ccc7oc8ccccc8c7c6)cc5)nc(-c5ccccc5-c5cccnc5)n4)cc32)cc1. The van der Waals surface area contributed by atoms with Crippen molar-refractivity contribution in [3.05, 3.63) is 247 Å². The molecule has 3 heterocycles. The van der Waals surface area contributed by atoms with Gasteiger partial charge in [0.05, 0.1) is 16.8 Å². The first-order valence-electron chi connectivity index (χ1n) is 21.0. The smallest absolute Gasteiger partial charge is 0.161 e. The van der Waals surface area contributed by atoms with Gasteiger partial charge in [-0.15, -0.1) is 0 Å². The molecule has 0 amide bonds. The zero-order valence-corrected chi connectivity index (χ0v) is 33.6. The molecule has 11 aromatic rings. The maximum Gasteiger partial charge on any atom is 0.161 e. The van der Waals surface area contributed by atoms with Crippen LogP contribution in [0.1, 0.15) is 22.3 Å². The van der Waals surface area contributed by atoms with E-state index in [2.05, 4.69) is 199 Å². The van der Waals surface area contributed by atoms with E-state index in [1.165, 1.54) is 33.4 Å². The first-order valence-corrected chi connectivity index (χ1v) is 21.0. The minimum Gasteiger partial charge on any atom is -0.456 e. The van der Waals surface area contributed by atoms with Gasteiger partial charge in [-0.25, -0.2) is 9.97 Å². The third kappa shape index (κ3) is 5.72. The first kappa shape index (κ1) is 35.7. The number of nitrogens with zero attached hydrogens (tertiary/aromatic N) is 3. The maximum atomic E-state index is 6.13. The van der Waals surface area contributed by atoms with Crippen LogP contribution in [0.25, 0.3) is 89.2 Å². The van der Waals surface area contributed by atoms with Crippen molar-refractivity contribution in [1.29, 1.82) is 0 Å². The number of para-hydroxylation sites is 1. The summed E-state index contributed by atoms with van der Waals surface area (Å²) < 4.78 is 6.13. The predicted octanol–water partition coefficient (Wildman–Crippen LogP) is 14.5. The van der Waals surface area contributed by atoms with Gasteiger partial charge in [0.2, 0.25) is 0 Å². The average molecular weight is 792 g/mol. The summed E-state index contributed by atoms with van der Waals surface area (Å²) in [6.45, 7) is 0. The molecule has 0 aliphatic heterocycles. The molecule has 0 saturated carbocycles. The normalized spacial score (nSPS) is 12.6. The second kappa shape index (κ2) is 14.5. The van der Waals surface area contributed by atoms with Crippen molar-refractivity contribution in [2.75, 3.05) is 0 Å². The Kier molecular flexibility index (Phi) is 8.36. The first-order chi connectivity index (χ1) is 30.7. The largest absolute Gasteiger partial charge is 0.456 e. The van der Waals surface area contributed by atoms with Gasteiger partial charge in [0, 0.05) is 45.4 Å². The third-order valence-corrected chi connectivity index (χ3v) is 12.5. The van der Waals surface area contributed by atoms with E-state index in [1.807, 2.05) is 24.4 Å². The fourth-order valence-electron chi connectivity index (χ4n) is 9.66. The molecule has 12 rings (SSSR count). The highest BCUT2D eigenvalue weighted by Crippen LogP contribution is 2.56. The summed E-state index contributed by atoms with van der Waals surface area (Å²) in [6.07, 6.45) is 3.70. The van der Waals surface area contributed by atoms with Crippen LogP contribution in [-0.2, 0) is 5.41 Å². The van der Waals surface area contributed by atoms with E-state index in [9.17, 15) is 0 Å². The Hall–Kier alpha value is -8.21. The molecule has 4 heteroatoms. The van der Waals surface area contributed by atoms with Crippen LogP contribution in [-0.4, -0.2) is 15.0 Å². The summed E-state index contributed by atoms with van der Waals surface area (Å²) in [5.41, 5.74) is 17.6. The van der Waals surface area contributed by atoms with Crippen LogP contribution >= 0.6 is 0 Å². The van der Waals surface area contributed by atoms with Gasteiger partial charge in [-0.2, -0.15) is 0 Å². The molecule has 0 spiro atoms. The minimum atomic E-state index is -0.530. The molecule has 1 aliphatic carbocycles. The van der Waals surface area contributed by atoms with Crippen molar-refractivity contribution in [2.45, 2.75) is 5.41 Å². The molecule has 0 saturated heterocycles. The van der Waals surface area contributed by atoms with E-state index in [4.69, 9.17) is 14.4 Å². The second-order valence-corrected chi connectivity index (χ2v) is 15.9. The van der Waals surface area contributed by atoms with Crippen LogP contribution in [0, 0.1) is 0 Å². The van der Waals surface area contributed by atoms with Crippen molar-refractivity contribution < 1.29 is 4.42 Å². The van der Waals surface area contributed by atoms with E-state index < -0.39 is 5.41 Å². The van der Waals surface area contributed by atoms with Crippen LogP contribution in [0.5, 0.6) is 0 Å². The summed E-state index contributed by atoms with van der Waals surface area (Å²) in [5.74, 6) is 0.652. The van der Waals surface area contributed by atoms with Gasteiger partial charge in [-0.3, -0.25) is 4.98 Å². The molecule has 290 valence electrons. The van der Waals surface area contributed by atoms with Crippen molar-refractivity contribution in [2.24, 2.45) is 0 Å². The van der Waals surface area contributed by atoms with Gasteiger partial charge < -0.3 is 4.42 Å². The second-order valence-electron chi connectivity index (χ2n) is 15.9. The van der Waals surface area contributed by atoms with E-state index >= 15 is 0 Å². The molecule has 0 N–H and O–H groups in total. The van der Waals surface area contributed by atoms with Crippen LogP contribution in [0.2, 0.25) is 0 Å². The van der Waals surface area contributed by atoms with Crippen molar-refractivity contribution >= 4 is 21.9 Å². The predicted molar refractivity (Wildman–Crippen MR) is 252 cm³/mol. The highest BCUT2D eigenvalue weighted by molar-refractivity contribution is 6.06. The number of furan rings is 1. The average Bonchev–Trinajstić information content (AvgIpc) is 3.88. The Balaban J connectivity index is 1.04. The quantitative estimate of drug-likeness (QED) is 0.161. The number of rotatable bonds is 7. The van der Waals surface area contributed by atoms with Crippen LogP contribution in [0.3, 0.4) is 0 Å². The monoisotopic (exact) mass is 791 g/mol. The Labute approximate surface area is 359 Å². The van der Waals surface area contributed by atoms with Gasteiger partial charge in [0.25, 0.3) is 0 Å². The lowest BCUT2D eigenvalue weighted by Gasteiger charge is -2.34. The van der Waals surface area contributed by atoms with Crippen LogP contribution in [0.4, 0.5) is 0 Å². The van der Waals surface area contributed by atoms with Gasteiger partial charge in [-0.05, 0) is 86.5 Å². The standard InChI is InChI=1S/C58H37N3O/c1-3-15-43(16-4-1)58(44-17-5-2-6-18-44)51-23-11-9-20-46(51)47-31-29-41(35-52(47)58)54-36-53(60-57(61-54)49-22-8-7-19-45(49)42-14-13-33-59-37-42)39-27-25-38(26-28-39)40-30-32-56-50(34-40)48-21-10-12-24-55(48)62-56/h1-37H. The lowest BCUT2D eigenvalue weighted by Crippen LogP contribution is -2.28. The Morgan fingerprint density at radius 2 is 0.952 bits per heavy atom. The molecular weight excluding hydrogens is 755 g/mol. The molecule has 0 bridgehead atoms. The van der Waals surface area contributed by atoms with E-state index in [0.29, 0.717) is 5.82 Å². The topological polar surface area (TPSA) is 51.8 Å². The Morgan fingerprint density at radius 3 is 1.71 bits per heavy atom. The molecule has 0 atom stereocenters. The number of pyridine rings is 1. The highest BCUT2D eigenvalue weighted by atomic mass is 16.3. The number of hydrogen-bond donors (Lipinski definition) is 0. The number of benzene rings is 8. The molecule has 0 fully saturated rings. The zero-order chi connectivity index (χ0) is 41.0.